The van der Waals surface area contributed by atoms with Crippen LogP contribution in [-0.4, -0.2) is 54.2 Å². The zero-order valence-corrected chi connectivity index (χ0v) is 19.1. The van der Waals surface area contributed by atoms with Gasteiger partial charge in [-0.2, -0.15) is 0 Å². The van der Waals surface area contributed by atoms with Crippen LogP contribution in [0.3, 0.4) is 0 Å². The molecule has 1 aromatic carbocycles. The number of rotatable bonds is 6. The number of carbonyl (C=O) groups excluding carboxylic acids is 2. The lowest BCUT2D eigenvalue weighted by atomic mass is 9.77. The molecule has 4 fully saturated rings. The highest BCUT2D eigenvalue weighted by Crippen LogP contribution is 2.36. The third kappa shape index (κ3) is 4.72. The van der Waals surface area contributed by atoms with Crippen molar-refractivity contribution >= 4 is 17.5 Å². The summed E-state index contributed by atoms with van der Waals surface area (Å²) in [4.78, 5) is 30.8. The molecule has 174 valence electrons. The maximum atomic E-state index is 13.5. The minimum absolute atomic E-state index is 0.0251. The molecule has 3 saturated carbocycles. The second-order valence-corrected chi connectivity index (χ2v) is 10.3. The van der Waals surface area contributed by atoms with Crippen molar-refractivity contribution in [2.75, 3.05) is 24.5 Å². The number of hydrogen-bond acceptors (Lipinski definition) is 5. The van der Waals surface area contributed by atoms with Gasteiger partial charge in [0, 0.05) is 43.2 Å². The Kier molecular flexibility index (Phi) is 5.78. The fourth-order valence-corrected chi connectivity index (χ4v) is 5.18. The van der Waals surface area contributed by atoms with E-state index in [9.17, 15) is 9.59 Å². The highest BCUT2D eigenvalue weighted by atomic mass is 16.5. The molecule has 1 heterocycles. The first kappa shape index (κ1) is 21.6. The van der Waals surface area contributed by atoms with Crippen molar-refractivity contribution < 1.29 is 14.3 Å². The molecular formula is C25H36N4O3. The van der Waals surface area contributed by atoms with Crippen molar-refractivity contribution in [3.63, 3.8) is 0 Å². The molecule has 5 rings (SSSR count). The van der Waals surface area contributed by atoms with E-state index in [0.29, 0.717) is 12.6 Å². The molecule has 1 aliphatic heterocycles. The Morgan fingerprint density at radius 2 is 1.72 bits per heavy atom. The summed E-state index contributed by atoms with van der Waals surface area (Å²) in [5.41, 5.74) is 6.75. The van der Waals surface area contributed by atoms with Crippen LogP contribution in [0.15, 0.2) is 24.3 Å². The van der Waals surface area contributed by atoms with E-state index in [1.165, 1.54) is 5.69 Å². The van der Waals surface area contributed by atoms with Crippen molar-refractivity contribution in [2.45, 2.75) is 76.1 Å². The Hall–Kier alpha value is -2.28. The minimum atomic E-state index is -0.527. The predicted molar refractivity (Wildman–Crippen MR) is 123 cm³/mol. The number of ether oxygens (including phenoxy) is 1. The molecule has 1 aromatic rings. The lowest BCUT2D eigenvalue weighted by Crippen LogP contribution is -2.57. The number of carbonyl (C=O) groups is 2. The topological polar surface area (TPSA) is 87.9 Å². The molecule has 0 unspecified atom stereocenters. The molecule has 7 heteroatoms. The lowest BCUT2D eigenvalue weighted by molar-refractivity contribution is -0.146. The molecular weight excluding hydrogens is 404 g/mol. The van der Waals surface area contributed by atoms with Gasteiger partial charge < -0.3 is 25.6 Å². The number of nitrogens with two attached hydrogens (primary N) is 1. The van der Waals surface area contributed by atoms with Crippen LogP contribution in [0.5, 0.6) is 5.75 Å². The minimum Gasteiger partial charge on any atom is -0.490 e. The number of anilines is 1. The molecule has 3 atom stereocenters. The van der Waals surface area contributed by atoms with Crippen LogP contribution in [0.25, 0.3) is 0 Å². The Morgan fingerprint density at radius 3 is 2.34 bits per heavy atom. The van der Waals surface area contributed by atoms with Crippen LogP contribution >= 0.6 is 0 Å². The predicted octanol–water partition coefficient (Wildman–Crippen LogP) is 2.64. The third-order valence-electron chi connectivity index (χ3n) is 7.52. The molecule has 0 spiro atoms. The average molecular weight is 441 g/mol. The van der Waals surface area contributed by atoms with E-state index >= 15 is 0 Å². The van der Waals surface area contributed by atoms with E-state index in [2.05, 4.69) is 29.3 Å². The summed E-state index contributed by atoms with van der Waals surface area (Å²) in [6, 6.07) is 8.43. The number of nitrogens with one attached hydrogen (secondary N) is 1. The maximum Gasteiger partial charge on any atom is 0.226 e. The normalized spacial score (nSPS) is 29.4. The largest absolute Gasteiger partial charge is 0.490 e. The van der Waals surface area contributed by atoms with Gasteiger partial charge in [-0.25, -0.2) is 0 Å². The van der Waals surface area contributed by atoms with Crippen LogP contribution in [-0.2, 0) is 9.59 Å². The van der Waals surface area contributed by atoms with Gasteiger partial charge in [0.05, 0.1) is 11.8 Å². The summed E-state index contributed by atoms with van der Waals surface area (Å²) in [5.74, 6) is 0.584. The van der Waals surface area contributed by atoms with Gasteiger partial charge in [-0.05, 0) is 69.7 Å². The summed E-state index contributed by atoms with van der Waals surface area (Å²) < 4.78 is 5.86. The molecule has 0 radical (unpaired) electrons. The Balaban J connectivity index is 1.20. The van der Waals surface area contributed by atoms with Gasteiger partial charge in [-0.1, -0.05) is 12.8 Å². The summed E-state index contributed by atoms with van der Waals surface area (Å²) in [5, 5.41) is 3.00. The van der Waals surface area contributed by atoms with E-state index in [-0.39, 0.29) is 29.7 Å². The highest BCUT2D eigenvalue weighted by molar-refractivity contribution is 5.88. The van der Waals surface area contributed by atoms with Crippen molar-refractivity contribution in [3.05, 3.63) is 24.3 Å². The number of hydrogen-bond donors (Lipinski definition) is 2. The molecule has 3 N–H and O–H groups in total. The molecule has 2 amide bonds. The number of benzene rings is 1. The Morgan fingerprint density at radius 1 is 1.03 bits per heavy atom. The molecule has 3 aliphatic carbocycles. The fraction of sp³-hybridized carbons (Fsp3) is 0.680. The zero-order valence-electron chi connectivity index (χ0n) is 19.1. The number of piperazine rings is 1. The maximum absolute atomic E-state index is 13.5. The van der Waals surface area contributed by atoms with E-state index < -0.39 is 5.66 Å². The molecule has 32 heavy (non-hydrogen) atoms. The van der Waals surface area contributed by atoms with Crippen LogP contribution in [0.2, 0.25) is 0 Å². The SMILES string of the molecule is C[C@@H]1CN(c2ccc(OC3CC3)cc2)CCN1C(=O)[C@@H]1CCCC[C@H]1C(=O)NC1(N)CC1. The Labute approximate surface area is 190 Å². The summed E-state index contributed by atoms with van der Waals surface area (Å²) >= 11 is 0. The molecule has 4 aliphatic rings. The standard InChI is InChI=1S/C25H36N4O3/c1-17-16-28(18-6-8-19(9-7-18)32-20-10-11-20)14-15-29(17)24(31)22-5-3-2-4-21(22)23(30)27-25(26)12-13-25/h6-9,17,20-22H,2-5,10-16,26H2,1H3,(H,27,30)/t17-,21-,22-/m1/s1. The smallest absolute Gasteiger partial charge is 0.226 e. The quantitative estimate of drug-likeness (QED) is 0.664. The second kappa shape index (κ2) is 8.58. The van der Waals surface area contributed by atoms with Gasteiger partial charge in [0.15, 0.2) is 0 Å². The summed E-state index contributed by atoms with van der Waals surface area (Å²) in [6.07, 6.45) is 7.97. The van der Waals surface area contributed by atoms with Crippen molar-refractivity contribution in [3.8, 4) is 5.75 Å². The summed E-state index contributed by atoms with van der Waals surface area (Å²) in [6.45, 7) is 4.40. The van der Waals surface area contributed by atoms with Crippen molar-refractivity contribution in [1.29, 1.82) is 0 Å². The van der Waals surface area contributed by atoms with Gasteiger partial charge in [0.2, 0.25) is 11.8 Å². The second-order valence-electron chi connectivity index (χ2n) is 10.3. The first-order chi connectivity index (χ1) is 15.4. The van der Waals surface area contributed by atoms with Gasteiger partial charge in [0.1, 0.15) is 5.75 Å². The first-order valence-corrected chi connectivity index (χ1v) is 12.3. The Bertz CT molecular complexity index is 849. The lowest BCUT2D eigenvalue weighted by Gasteiger charge is -2.43. The molecule has 0 aromatic heterocycles. The van der Waals surface area contributed by atoms with Gasteiger partial charge in [0.25, 0.3) is 0 Å². The average Bonchev–Trinajstić information content (AvgIpc) is 3.73. The van der Waals surface area contributed by atoms with Gasteiger partial charge in [-0.3, -0.25) is 9.59 Å². The summed E-state index contributed by atoms with van der Waals surface area (Å²) in [7, 11) is 0. The van der Waals surface area contributed by atoms with Gasteiger partial charge in [-0.15, -0.1) is 0 Å². The third-order valence-corrected chi connectivity index (χ3v) is 7.52. The van der Waals surface area contributed by atoms with Crippen molar-refractivity contribution in [1.82, 2.24) is 10.2 Å². The highest BCUT2D eigenvalue weighted by Gasteiger charge is 2.45. The van der Waals surface area contributed by atoms with Crippen LogP contribution < -0.4 is 20.7 Å². The van der Waals surface area contributed by atoms with Gasteiger partial charge >= 0.3 is 0 Å². The fourth-order valence-electron chi connectivity index (χ4n) is 5.18. The molecule has 1 saturated heterocycles. The van der Waals surface area contributed by atoms with E-state index in [1.54, 1.807) is 0 Å². The van der Waals surface area contributed by atoms with Crippen LogP contribution in [0.4, 0.5) is 5.69 Å². The number of nitrogens with zero attached hydrogens (tertiary/aromatic N) is 2. The van der Waals surface area contributed by atoms with Crippen LogP contribution in [0, 0.1) is 11.8 Å². The monoisotopic (exact) mass is 440 g/mol. The van der Waals surface area contributed by atoms with E-state index in [4.69, 9.17) is 10.5 Å². The van der Waals surface area contributed by atoms with Crippen molar-refractivity contribution in [2.24, 2.45) is 17.6 Å². The van der Waals surface area contributed by atoms with E-state index in [0.717, 1.165) is 70.2 Å². The molecule has 7 nitrogen and oxygen atoms in total. The first-order valence-electron chi connectivity index (χ1n) is 12.3. The van der Waals surface area contributed by atoms with E-state index in [1.807, 2.05) is 17.0 Å². The molecule has 0 bridgehead atoms. The number of amides is 2. The van der Waals surface area contributed by atoms with Crippen LogP contribution in [0.1, 0.15) is 58.3 Å². The zero-order chi connectivity index (χ0) is 22.3.